The summed E-state index contributed by atoms with van der Waals surface area (Å²) < 4.78 is 10.4. The lowest BCUT2D eigenvalue weighted by atomic mass is 10.00. The van der Waals surface area contributed by atoms with E-state index in [1.54, 1.807) is 31.6 Å². The van der Waals surface area contributed by atoms with Crippen LogP contribution in [0.2, 0.25) is 0 Å². The number of hydrogen-bond acceptors (Lipinski definition) is 5. The van der Waals surface area contributed by atoms with E-state index in [1.165, 1.54) is 0 Å². The average molecular weight is 351 g/mol. The molecule has 24 heavy (non-hydrogen) atoms. The van der Waals surface area contributed by atoms with E-state index in [0.717, 1.165) is 17.7 Å². The first kappa shape index (κ1) is 18.5. The number of aliphatic imine (C=N–C) groups is 1. The van der Waals surface area contributed by atoms with Crippen LogP contribution >= 0.6 is 11.3 Å². The molecule has 0 aromatic carbocycles. The molecule has 132 valence electrons. The van der Waals surface area contributed by atoms with Crippen LogP contribution in [0.1, 0.15) is 18.2 Å². The lowest BCUT2D eigenvalue weighted by Crippen LogP contribution is -2.41. The predicted octanol–water partition coefficient (Wildman–Crippen LogP) is 1.97. The molecule has 2 aromatic rings. The fraction of sp³-hybridized carbons (Fsp3) is 0.471. The summed E-state index contributed by atoms with van der Waals surface area (Å²) in [7, 11) is 1.66. The Balaban J connectivity index is 1.90. The van der Waals surface area contributed by atoms with Gasteiger partial charge < -0.3 is 24.9 Å². The third-order valence-corrected chi connectivity index (χ3v) is 4.21. The second-order valence-electron chi connectivity index (χ2n) is 5.63. The van der Waals surface area contributed by atoms with Crippen molar-refractivity contribution in [2.24, 2.45) is 4.99 Å². The lowest BCUT2D eigenvalue weighted by molar-refractivity contribution is 0.0677. The second kappa shape index (κ2) is 9.46. The number of hydrogen-bond donors (Lipinski definition) is 3. The summed E-state index contributed by atoms with van der Waals surface area (Å²) >= 11 is 1.56. The largest absolute Gasteiger partial charge is 0.469 e. The Kier molecular flexibility index (Phi) is 7.30. The molecule has 2 heterocycles. The molecule has 6 nitrogen and oxygen atoms in total. The molecule has 0 aliphatic heterocycles. The number of nitrogens with one attached hydrogen (secondary N) is 2. The number of thiophene rings is 1. The van der Waals surface area contributed by atoms with Crippen LogP contribution in [0, 0.1) is 0 Å². The molecule has 0 spiro atoms. The van der Waals surface area contributed by atoms with Crippen molar-refractivity contribution in [2.75, 3.05) is 33.4 Å². The molecule has 0 aliphatic rings. The van der Waals surface area contributed by atoms with Gasteiger partial charge in [0.1, 0.15) is 11.4 Å². The Hall–Kier alpha value is -1.83. The van der Waals surface area contributed by atoms with Crippen molar-refractivity contribution < 1.29 is 14.3 Å². The zero-order valence-corrected chi connectivity index (χ0v) is 14.9. The van der Waals surface area contributed by atoms with Crippen LogP contribution in [-0.2, 0) is 16.8 Å². The van der Waals surface area contributed by atoms with E-state index in [-0.39, 0.29) is 6.54 Å². The SMILES string of the molecule is COCCNC(=NCC(C)(O)c1ccsc1)NCCc1ccco1. The van der Waals surface area contributed by atoms with E-state index in [1.807, 2.05) is 29.0 Å². The number of rotatable bonds is 9. The minimum Gasteiger partial charge on any atom is -0.469 e. The van der Waals surface area contributed by atoms with Gasteiger partial charge in [0.25, 0.3) is 0 Å². The minimum absolute atomic E-state index is 0.271. The molecule has 1 unspecified atom stereocenters. The molecule has 0 bridgehead atoms. The molecular formula is C17H25N3O3S. The molecule has 0 amide bonds. The molecule has 7 heteroatoms. The van der Waals surface area contributed by atoms with Crippen LogP contribution in [0.5, 0.6) is 0 Å². The molecule has 0 aliphatic carbocycles. The van der Waals surface area contributed by atoms with E-state index >= 15 is 0 Å². The van der Waals surface area contributed by atoms with Gasteiger partial charge >= 0.3 is 0 Å². The molecule has 2 aromatic heterocycles. The number of methoxy groups -OCH3 is 1. The summed E-state index contributed by atoms with van der Waals surface area (Å²) in [6.45, 7) is 3.96. The smallest absolute Gasteiger partial charge is 0.191 e. The van der Waals surface area contributed by atoms with Crippen LogP contribution in [0.3, 0.4) is 0 Å². The normalized spacial score (nSPS) is 14.4. The van der Waals surface area contributed by atoms with Gasteiger partial charge in [0.2, 0.25) is 0 Å². The van der Waals surface area contributed by atoms with Crippen LogP contribution in [0.4, 0.5) is 0 Å². The molecule has 2 rings (SSSR count). The van der Waals surface area contributed by atoms with Crippen molar-refractivity contribution in [2.45, 2.75) is 18.9 Å². The van der Waals surface area contributed by atoms with Gasteiger partial charge in [0, 0.05) is 26.6 Å². The fourth-order valence-electron chi connectivity index (χ4n) is 2.10. The van der Waals surface area contributed by atoms with E-state index in [9.17, 15) is 5.11 Å². The Bertz CT molecular complexity index is 595. The Morgan fingerprint density at radius 2 is 2.21 bits per heavy atom. The number of ether oxygens (including phenoxy) is 1. The zero-order chi connectivity index (χ0) is 17.3. The van der Waals surface area contributed by atoms with Crippen LogP contribution < -0.4 is 10.6 Å². The number of furan rings is 1. The number of nitrogens with zero attached hydrogens (tertiary/aromatic N) is 1. The van der Waals surface area contributed by atoms with Gasteiger partial charge in [-0.25, -0.2) is 4.99 Å². The third-order valence-electron chi connectivity index (χ3n) is 3.53. The summed E-state index contributed by atoms with van der Waals surface area (Å²) in [4.78, 5) is 4.50. The van der Waals surface area contributed by atoms with E-state index < -0.39 is 5.60 Å². The van der Waals surface area contributed by atoms with Crippen molar-refractivity contribution in [1.82, 2.24) is 10.6 Å². The monoisotopic (exact) mass is 351 g/mol. The maximum absolute atomic E-state index is 10.6. The van der Waals surface area contributed by atoms with Gasteiger partial charge in [-0.1, -0.05) is 0 Å². The first-order chi connectivity index (χ1) is 11.6. The Labute approximate surface area is 146 Å². The highest BCUT2D eigenvalue weighted by Gasteiger charge is 2.23. The van der Waals surface area contributed by atoms with Crippen LogP contribution in [-0.4, -0.2) is 44.4 Å². The van der Waals surface area contributed by atoms with Crippen molar-refractivity contribution in [3.8, 4) is 0 Å². The molecule has 0 saturated heterocycles. The van der Waals surface area contributed by atoms with Crippen molar-refractivity contribution in [3.05, 3.63) is 46.5 Å². The van der Waals surface area contributed by atoms with E-state index in [2.05, 4.69) is 15.6 Å². The van der Waals surface area contributed by atoms with Crippen LogP contribution in [0.15, 0.2) is 44.6 Å². The molecule has 0 saturated carbocycles. The highest BCUT2D eigenvalue weighted by atomic mass is 32.1. The lowest BCUT2D eigenvalue weighted by Gasteiger charge is -2.21. The first-order valence-corrected chi connectivity index (χ1v) is 8.84. The highest BCUT2D eigenvalue weighted by Crippen LogP contribution is 2.23. The van der Waals surface area contributed by atoms with Crippen molar-refractivity contribution in [3.63, 3.8) is 0 Å². The van der Waals surface area contributed by atoms with E-state index in [0.29, 0.717) is 25.7 Å². The van der Waals surface area contributed by atoms with Crippen molar-refractivity contribution in [1.29, 1.82) is 0 Å². The fourth-order valence-corrected chi connectivity index (χ4v) is 2.88. The van der Waals surface area contributed by atoms with Crippen LogP contribution in [0.25, 0.3) is 0 Å². The summed E-state index contributed by atoms with van der Waals surface area (Å²) in [6, 6.07) is 5.74. The molecule has 1 atom stereocenters. The molecule has 3 N–H and O–H groups in total. The summed E-state index contributed by atoms with van der Waals surface area (Å²) in [5.41, 5.74) is -0.111. The highest BCUT2D eigenvalue weighted by molar-refractivity contribution is 7.08. The van der Waals surface area contributed by atoms with E-state index in [4.69, 9.17) is 9.15 Å². The van der Waals surface area contributed by atoms with Gasteiger partial charge in [-0.3, -0.25) is 0 Å². The first-order valence-electron chi connectivity index (χ1n) is 7.90. The summed E-state index contributed by atoms with van der Waals surface area (Å²) in [5.74, 6) is 1.57. The van der Waals surface area contributed by atoms with Gasteiger partial charge in [-0.15, -0.1) is 0 Å². The summed E-state index contributed by atoms with van der Waals surface area (Å²) in [6.07, 6.45) is 2.43. The number of guanidine groups is 1. The molecule has 0 fully saturated rings. The summed E-state index contributed by atoms with van der Waals surface area (Å²) in [5, 5.41) is 20.9. The standard InChI is InChI=1S/C17H25N3O3S/c1-17(21,14-6-11-24-12-14)13-20-16(19-8-10-22-2)18-7-5-15-4-3-9-23-15/h3-4,6,9,11-12,21H,5,7-8,10,13H2,1-2H3,(H2,18,19,20). The minimum atomic E-state index is -0.989. The topological polar surface area (TPSA) is 79.0 Å². The Morgan fingerprint density at radius 1 is 1.38 bits per heavy atom. The van der Waals surface area contributed by atoms with Gasteiger partial charge in [0.05, 0.1) is 19.4 Å². The van der Waals surface area contributed by atoms with Gasteiger partial charge in [-0.2, -0.15) is 11.3 Å². The average Bonchev–Trinajstić information content (AvgIpc) is 3.26. The molecule has 0 radical (unpaired) electrons. The third kappa shape index (κ3) is 5.99. The maximum atomic E-state index is 10.6. The number of aliphatic hydroxyl groups is 1. The zero-order valence-electron chi connectivity index (χ0n) is 14.1. The second-order valence-corrected chi connectivity index (χ2v) is 6.41. The quantitative estimate of drug-likeness (QED) is 0.366. The predicted molar refractivity (Wildman–Crippen MR) is 96.5 cm³/mol. The maximum Gasteiger partial charge on any atom is 0.191 e. The van der Waals surface area contributed by atoms with Gasteiger partial charge in [-0.05, 0) is 41.4 Å². The van der Waals surface area contributed by atoms with Gasteiger partial charge in [0.15, 0.2) is 5.96 Å². The Morgan fingerprint density at radius 3 is 2.88 bits per heavy atom. The molecular weight excluding hydrogens is 326 g/mol. The van der Waals surface area contributed by atoms with Crippen molar-refractivity contribution >= 4 is 17.3 Å².